The lowest BCUT2D eigenvalue weighted by Crippen LogP contribution is -2.08. The summed E-state index contributed by atoms with van der Waals surface area (Å²) in [6, 6.07) is 9.20. The van der Waals surface area contributed by atoms with Crippen LogP contribution in [0.4, 0.5) is 0 Å². The van der Waals surface area contributed by atoms with Gasteiger partial charge in [0.25, 0.3) is 5.56 Å². The number of aromatic amines is 1. The highest BCUT2D eigenvalue weighted by molar-refractivity contribution is 9.10. The van der Waals surface area contributed by atoms with Crippen LogP contribution in [-0.4, -0.2) is 9.97 Å². The van der Waals surface area contributed by atoms with E-state index in [1.54, 1.807) is 6.92 Å². The number of halogens is 1. The molecule has 2 aromatic rings. The van der Waals surface area contributed by atoms with E-state index < -0.39 is 0 Å². The standard InChI is InChI=1S/C11H9BrN2O/c1-7-13-10(6-11(15)14-7)8-3-2-4-9(12)5-8/h2-6H,1H3,(H,13,14,15). The molecular formula is C11H9BrN2O. The summed E-state index contributed by atoms with van der Waals surface area (Å²) in [6.07, 6.45) is 0. The number of nitrogens with one attached hydrogen (secondary N) is 1. The highest BCUT2D eigenvalue weighted by atomic mass is 79.9. The Labute approximate surface area is 95.3 Å². The van der Waals surface area contributed by atoms with Crippen LogP contribution in [0.25, 0.3) is 11.3 Å². The van der Waals surface area contributed by atoms with Crippen LogP contribution in [0.1, 0.15) is 5.82 Å². The molecule has 76 valence electrons. The molecule has 0 saturated carbocycles. The molecule has 2 rings (SSSR count). The maximum absolute atomic E-state index is 11.3. The Kier molecular flexibility index (Phi) is 2.68. The maximum Gasteiger partial charge on any atom is 0.251 e. The minimum Gasteiger partial charge on any atom is -0.311 e. The number of aryl methyl sites for hydroxylation is 1. The van der Waals surface area contributed by atoms with Crippen LogP contribution in [0.5, 0.6) is 0 Å². The van der Waals surface area contributed by atoms with Crippen LogP contribution < -0.4 is 5.56 Å². The first kappa shape index (κ1) is 10.1. The molecule has 0 fully saturated rings. The van der Waals surface area contributed by atoms with E-state index in [1.165, 1.54) is 6.07 Å². The quantitative estimate of drug-likeness (QED) is 0.861. The van der Waals surface area contributed by atoms with Gasteiger partial charge in [0.05, 0.1) is 5.69 Å². The Hall–Kier alpha value is -1.42. The van der Waals surface area contributed by atoms with E-state index in [2.05, 4.69) is 25.9 Å². The third kappa shape index (κ3) is 2.33. The van der Waals surface area contributed by atoms with Crippen molar-refractivity contribution in [3.8, 4) is 11.3 Å². The average Bonchev–Trinajstić information content (AvgIpc) is 2.16. The van der Waals surface area contributed by atoms with E-state index in [0.29, 0.717) is 11.5 Å². The Bertz CT molecular complexity index is 548. The summed E-state index contributed by atoms with van der Waals surface area (Å²) < 4.78 is 0.972. The molecule has 1 heterocycles. The number of H-pyrrole nitrogens is 1. The first-order chi connectivity index (χ1) is 7.15. The fourth-order valence-corrected chi connectivity index (χ4v) is 1.77. The Morgan fingerprint density at radius 3 is 2.80 bits per heavy atom. The summed E-state index contributed by atoms with van der Waals surface area (Å²) in [5, 5.41) is 0. The second kappa shape index (κ2) is 3.98. The molecule has 0 bridgehead atoms. The van der Waals surface area contributed by atoms with E-state index in [1.807, 2.05) is 24.3 Å². The van der Waals surface area contributed by atoms with Crippen molar-refractivity contribution >= 4 is 15.9 Å². The number of nitrogens with zero attached hydrogens (tertiary/aromatic N) is 1. The molecule has 15 heavy (non-hydrogen) atoms. The van der Waals surface area contributed by atoms with Crippen LogP contribution in [0.15, 0.2) is 39.6 Å². The van der Waals surface area contributed by atoms with Gasteiger partial charge >= 0.3 is 0 Å². The van der Waals surface area contributed by atoms with Gasteiger partial charge in [-0.3, -0.25) is 4.79 Å². The highest BCUT2D eigenvalue weighted by Gasteiger charge is 2.01. The van der Waals surface area contributed by atoms with Gasteiger partial charge in [-0.2, -0.15) is 0 Å². The average molecular weight is 265 g/mol. The predicted octanol–water partition coefficient (Wildman–Crippen LogP) is 2.51. The van der Waals surface area contributed by atoms with Crippen molar-refractivity contribution in [2.75, 3.05) is 0 Å². The Balaban J connectivity index is 2.59. The van der Waals surface area contributed by atoms with Crippen molar-refractivity contribution in [2.45, 2.75) is 6.92 Å². The molecule has 4 heteroatoms. The lowest BCUT2D eigenvalue weighted by molar-refractivity contribution is 1.02. The van der Waals surface area contributed by atoms with Crippen LogP contribution in [0, 0.1) is 6.92 Å². The number of hydrogen-bond donors (Lipinski definition) is 1. The molecule has 1 N–H and O–H groups in total. The summed E-state index contributed by atoms with van der Waals surface area (Å²) >= 11 is 3.38. The monoisotopic (exact) mass is 264 g/mol. The lowest BCUT2D eigenvalue weighted by atomic mass is 10.1. The molecular weight excluding hydrogens is 256 g/mol. The topological polar surface area (TPSA) is 45.8 Å². The third-order valence-electron chi connectivity index (χ3n) is 1.98. The molecule has 1 aromatic carbocycles. The van der Waals surface area contributed by atoms with Gasteiger partial charge in [0.1, 0.15) is 5.82 Å². The second-order valence-electron chi connectivity index (χ2n) is 3.23. The molecule has 0 saturated heterocycles. The van der Waals surface area contributed by atoms with Gasteiger partial charge < -0.3 is 4.98 Å². The first-order valence-corrected chi connectivity index (χ1v) is 5.28. The largest absolute Gasteiger partial charge is 0.311 e. The van der Waals surface area contributed by atoms with E-state index in [9.17, 15) is 4.79 Å². The second-order valence-corrected chi connectivity index (χ2v) is 4.14. The van der Waals surface area contributed by atoms with Crippen LogP contribution in [-0.2, 0) is 0 Å². The zero-order chi connectivity index (χ0) is 10.8. The third-order valence-corrected chi connectivity index (χ3v) is 2.47. The molecule has 3 nitrogen and oxygen atoms in total. The summed E-state index contributed by atoms with van der Waals surface area (Å²) in [7, 11) is 0. The van der Waals surface area contributed by atoms with Gasteiger partial charge in [0, 0.05) is 16.1 Å². The number of benzene rings is 1. The molecule has 0 amide bonds. The Morgan fingerprint density at radius 1 is 1.33 bits per heavy atom. The SMILES string of the molecule is Cc1nc(-c2cccc(Br)c2)cc(=O)[nH]1. The van der Waals surface area contributed by atoms with Crippen molar-refractivity contribution in [1.29, 1.82) is 0 Å². The van der Waals surface area contributed by atoms with Crippen molar-refractivity contribution in [3.63, 3.8) is 0 Å². The Morgan fingerprint density at radius 2 is 2.13 bits per heavy atom. The molecule has 0 aliphatic carbocycles. The molecule has 0 atom stereocenters. The van der Waals surface area contributed by atoms with E-state index >= 15 is 0 Å². The van der Waals surface area contributed by atoms with Gasteiger partial charge in [-0.25, -0.2) is 4.98 Å². The zero-order valence-electron chi connectivity index (χ0n) is 8.12. The number of hydrogen-bond acceptors (Lipinski definition) is 2. The van der Waals surface area contributed by atoms with Crippen molar-refractivity contribution in [3.05, 3.63) is 51.0 Å². The van der Waals surface area contributed by atoms with Crippen molar-refractivity contribution in [2.24, 2.45) is 0 Å². The normalized spacial score (nSPS) is 10.3. The van der Waals surface area contributed by atoms with Gasteiger partial charge in [-0.1, -0.05) is 28.1 Å². The highest BCUT2D eigenvalue weighted by Crippen LogP contribution is 2.19. The number of aromatic nitrogens is 2. The minimum absolute atomic E-state index is 0.127. The summed E-state index contributed by atoms with van der Waals surface area (Å²) in [5.41, 5.74) is 1.49. The van der Waals surface area contributed by atoms with Crippen LogP contribution in [0.3, 0.4) is 0 Å². The van der Waals surface area contributed by atoms with Crippen LogP contribution in [0.2, 0.25) is 0 Å². The maximum atomic E-state index is 11.3. The molecule has 0 unspecified atom stereocenters. The molecule has 0 spiro atoms. The fraction of sp³-hybridized carbons (Fsp3) is 0.0909. The fourth-order valence-electron chi connectivity index (χ4n) is 1.38. The summed E-state index contributed by atoms with van der Waals surface area (Å²) in [4.78, 5) is 18.1. The molecule has 0 radical (unpaired) electrons. The van der Waals surface area contributed by atoms with Gasteiger partial charge in [-0.15, -0.1) is 0 Å². The molecule has 0 aliphatic rings. The summed E-state index contributed by atoms with van der Waals surface area (Å²) in [6.45, 7) is 1.77. The van der Waals surface area contributed by atoms with Gasteiger partial charge in [0.15, 0.2) is 0 Å². The van der Waals surface area contributed by atoms with Crippen molar-refractivity contribution < 1.29 is 0 Å². The van der Waals surface area contributed by atoms with E-state index in [0.717, 1.165) is 10.0 Å². The summed E-state index contributed by atoms with van der Waals surface area (Å²) in [5.74, 6) is 0.623. The smallest absolute Gasteiger partial charge is 0.251 e. The minimum atomic E-state index is -0.127. The molecule has 1 aromatic heterocycles. The van der Waals surface area contributed by atoms with Crippen molar-refractivity contribution in [1.82, 2.24) is 9.97 Å². The van der Waals surface area contributed by atoms with Gasteiger partial charge in [-0.05, 0) is 19.1 Å². The lowest BCUT2D eigenvalue weighted by Gasteiger charge is -2.01. The predicted molar refractivity (Wildman–Crippen MR) is 62.7 cm³/mol. The van der Waals surface area contributed by atoms with E-state index in [-0.39, 0.29) is 5.56 Å². The number of rotatable bonds is 1. The van der Waals surface area contributed by atoms with Gasteiger partial charge in [0.2, 0.25) is 0 Å². The first-order valence-electron chi connectivity index (χ1n) is 4.49. The zero-order valence-corrected chi connectivity index (χ0v) is 9.71. The van der Waals surface area contributed by atoms with Crippen LogP contribution >= 0.6 is 15.9 Å². The molecule has 0 aliphatic heterocycles. The van der Waals surface area contributed by atoms with E-state index in [4.69, 9.17) is 0 Å².